The summed E-state index contributed by atoms with van der Waals surface area (Å²) in [5.74, 6) is 0. The number of nitrogens with zero attached hydrogens (tertiary/aromatic N) is 2. The lowest BCUT2D eigenvalue weighted by Gasteiger charge is -2.18. The maximum atomic E-state index is 4.39. The molecule has 1 aromatic heterocycles. The Morgan fingerprint density at radius 2 is 2.00 bits per heavy atom. The molecule has 1 N–H and O–H groups in total. The van der Waals surface area contributed by atoms with Crippen LogP contribution in [0.5, 0.6) is 0 Å². The molecule has 0 radical (unpaired) electrons. The molecule has 0 amide bonds. The van der Waals surface area contributed by atoms with E-state index in [1.165, 1.54) is 5.56 Å². The molecule has 0 bridgehead atoms. The van der Waals surface area contributed by atoms with Gasteiger partial charge in [-0.15, -0.1) is 0 Å². The van der Waals surface area contributed by atoms with Crippen molar-refractivity contribution >= 4 is 21.6 Å². The number of hydrogen-bond acceptors (Lipinski definition) is 2. The van der Waals surface area contributed by atoms with E-state index in [1.54, 1.807) is 0 Å². The van der Waals surface area contributed by atoms with E-state index in [4.69, 9.17) is 0 Å². The zero-order valence-electron chi connectivity index (χ0n) is 10.9. The van der Waals surface area contributed by atoms with E-state index >= 15 is 0 Å². The second-order valence-electron chi connectivity index (χ2n) is 5.30. The van der Waals surface area contributed by atoms with Gasteiger partial charge in [-0.2, -0.15) is 5.10 Å². The average molecular weight is 308 g/mol. The molecule has 18 heavy (non-hydrogen) atoms. The van der Waals surface area contributed by atoms with Crippen LogP contribution >= 0.6 is 15.9 Å². The van der Waals surface area contributed by atoms with Gasteiger partial charge in [-0.3, -0.25) is 4.68 Å². The van der Waals surface area contributed by atoms with Gasteiger partial charge in [0.05, 0.1) is 11.7 Å². The number of nitrogens with one attached hydrogen (secondary N) is 1. The summed E-state index contributed by atoms with van der Waals surface area (Å²) in [5.41, 5.74) is 2.31. The van der Waals surface area contributed by atoms with E-state index in [2.05, 4.69) is 59.4 Å². The molecule has 96 valence electrons. The molecule has 0 aliphatic carbocycles. The third kappa shape index (κ3) is 3.13. The van der Waals surface area contributed by atoms with Crippen molar-refractivity contribution in [2.75, 3.05) is 5.32 Å². The van der Waals surface area contributed by atoms with Crippen LogP contribution < -0.4 is 5.32 Å². The zero-order valence-corrected chi connectivity index (χ0v) is 12.5. The summed E-state index contributed by atoms with van der Waals surface area (Å²) in [6, 6.07) is 8.11. The van der Waals surface area contributed by atoms with Crippen LogP contribution in [0.3, 0.4) is 0 Å². The van der Waals surface area contributed by atoms with Crippen LogP contribution in [0.25, 0.3) is 0 Å². The highest BCUT2D eigenvalue weighted by Crippen LogP contribution is 2.22. The fourth-order valence-electron chi connectivity index (χ4n) is 1.62. The molecule has 0 fully saturated rings. The Labute approximate surface area is 116 Å². The van der Waals surface area contributed by atoms with Crippen molar-refractivity contribution < 1.29 is 0 Å². The normalized spacial score (nSPS) is 11.6. The van der Waals surface area contributed by atoms with Gasteiger partial charge in [-0.1, -0.05) is 12.1 Å². The monoisotopic (exact) mass is 307 g/mol. The van der Waals surface area contributed by atoms with Crippen LogP contribution in [-0.2, 0) is 12.1 Å². The second-order valence-corrected chi connectivity index (χ2v) is 6.15. The Balaban J connectivity index is 2.03. The molecule has 1 heterocycles. The Morgan fingerprint density at radius 3 is 2.61 bits per heavy atom. The molecule has 0 aliphatic rings. The van der Waals surface area contributed by atoms with Gasteiger partial charge in [0, 0.05) is 28.5 Å². The van der Waals surface area contributed by atoms with Crippen LogP contribution in [0.15, 0.2) is 41.1 Å². The van der Waals surface area contributed by atoms with Gasteiger partial charge in [-0.05, 0) is 48.8 Å². The maximum absolute atomic E-state index is 4.39. The fourth-order valence-corrected chi connectivity index (χ4v) is 2.05. The highest BCUT2D eigenvalue weighted by molar-refractivity contribution is 9.10. The molecule has 2 aromatic rings. The predicted molar refractivity (Wildman–Crippen MR) is 78.7 cm³/mol. The van der Waals surface area contributed by atoms with Crippen molar-refractivity contribution in [2.45, 2.75) is 32.9 Å². The minimum atomic E-state index is 0.0333. The smallest absolute Gasteiger partial charge is 0.0543 e. The molecule has 4 heteroatoms. The Hall–Kier alpha value is -1.29. The third-order valence-corrected chi connectivity index (χ3v) is 3.37. The van der Waals surface area contributed by atoms with Gasteiger partial charge in [-0.25, -0.2) is 0 Å². The zero-order chi connectivity index (χ0) is 13.2. The summed E-state index contributed by atoms with van der Waals surface area (Å²) in [7, 11) is 0. The lowest BCUT2D eigenvalue weighted by molar-refractivity contribution is 0.355. The Bertz CT molecular complexity index is 526. The van der Waals surface area contributed by atoms with Crippen molar-refractivity contribution in [3.05, 3.63) is 46.7 Å². The molecule has 0 spiro atoms. The minimum Gasteiger partial charge on any atom is -0.380 e. The lowest BCUT2D eigenvalue weighted by Crippen LogP contribution is -2.21. The molecule has 0 aliphatic heterocycles. The van der Waals surface area contributed by atoms with Gasteiger partial charge < -0.3 is 5.32 Å². The third-order valence-electron chi connectivity index (χ3n) is 2.68. The maximum Gasteiger partial charge on any atom is 0.0543 e. The first kappa shape index (κ1) is 13.1. The van der Waals surface area contributed by atoms with Gasteiger partial charge in [0.25, 0.3) is 0 Å². The number of benzene rings is 1. The van der Waals surface area contributed by atoms with E-state index in [0.29, 0.717) is 0 Å². The van der Waals surface area contributed by atoms with E-state index in [9.17, 15) is 0 Å². The minimum absolute atomic E-state index is 0.0333. The lowest BCUT2D eigenvalue weighted by atomic mass is 10.1. The van der Waals surface area contributed by atoms with Gasteiger partial charge in [0.15, 0.2) is 0 Å². The molecule has 0 saturated heterocycles. The summed E-state index contributed by atoms with van der Waals surface area (Å²) in [5, 5.41) is 7.78. The van der Waals surface area contributed by atoms with Crippen molar-refractivity contribution in [1.82, 2.24) is 9.78 Å². The van der Waals surface area contributed by atoms with Crippen LogP contribution in [0, 0.1) is 0 Å². The topological polar surface area (TPSA) is 29.9 Å². The summed E-state index contributed by atoms with van der Waals surface area (Å²) in [6.45, 7) is 7.21. The van der Waals surface area contributed by atoms with Crippen LogP contribution in [-0.4, -0.2) is 9.78 Å². The molecule has 0 unspecified atom stereocenters. The van der Waals surface area contributed by atoms with E-state index < -0.39 is 0 Å². The Morgan fingerprint density at radius 1 is 1.28 bits per heavy atom. The number of rotatable bonds is 3. The summed E-state index contributed by atoms with van der Waals surface area (Å²) >= 11 is 3.52. The van der Waals surface area contributed by atoms with Crippen molar-refractivity contribution in [3.8, 4) is 0 Å². The first-order valence-electron chi connectivity index (χ1n) is 5.99. The van der Waals surface area contributed by atoms with Gasteiger partial charge in [0.1, 0.15) is 0 Å². The van der Waals surface area contributed by atoms with Gasteiger partial charge >= 0.3 is 0 Å². The summed E-state index contributed by atoms with van der Waals surface area (Å²) in [6.07, 6.45) is 4.00. The predicted octanol–water partition coefficient (Wildman–Crippen LogP) is 4.01. The first-order valence-corrected chi connectivity index (χ1v) is 6.78. The molecule has 0 saturated carbocycles. The SMILES string of the molecule is CC(C)(C)n1cc(CNc2ccccc2Br)cn1. The highest BCUT2D eigenvalue weighted by atomic mass is 79.9. The van der Waals surface area contributed by atoms with E-state index in [0.717, 1.165) is 16.7 Å². The molecule has 3 nitrogen and oxygen atoms in total. The molecular formula is C14H18BrN3. The first-order chi connectivity index (χ1) is 8.47. The molecular weight excluding hydrogens is 290 g/mol. The second kappa shape index (κ2) is 5.14. The number of hydrogen-bond donors (Lipinski definition) is 1. The summed E-state index contributed by atoms with van der Waals surface area (Å²) < 4.78 is 3.07. The number of para-hydroxylation sites is 1. The van der Waals surface area contributed by atoms with E-state index in [-0.39, 0.29) is 5.54 Å². The van der Waals surface area contributed by atoms with Crippen molar-refractivity contribution in [2.24, 2.45) is 0 Å². The largest absolute Gasteiger partial charge is 0.380 e. The van der Waals surface area contributed by atoms with Crippen molar-refractivity contribution in [1.29, 1.82) is 0 Å². The standard InChI is InChI=1S/C14H18BrN3/c1-14(2,3)18-10-11(9-17-18)8-16-13-7-5-4-6-12(13)15/h4-7,9-10,16H,8H2,1-3H3. The van der Waals surface area contributed by atoms with E-state index in [1.807, 2.05) is 29.1 Å². The molecule has 2 rings (SSSR count). The number of aromatic nitrogens is 2. The summed E-state index contributed by atoms with van der Waals surface area (Å²) in [4.78, 5) is 0. The average Bonchev–Trinajstić information content (AvgIpc) is 2.76. The molecule has 0 atom stereocenters. The fraction of sp³-hybridized carbons (Fsp3) is 0.357. The van der Waals surface area contributed by atoms with Crippen molar-refractivity contribution in [3.63, 3.8) is 0 Å². The van der Waals surface area contributed by atoms with Gasteiger partial charge in [0.2, 0.25) is 0 Å². The number of halogens is 1. The highest BCUT2D eigenvalue weighted by Gasteiger charge is 2.13. The van der Waals surface area contributed by atoms with Crippen LogP contribution in [0.4, 0.5) is 5.69 Å². The van der Waals surface area contributed by atoms with Crippen LogP contribution in [0.1, 0.15) is 26.3 Å². The van der Waals surface area contributed by atoms with Crippen LogP contribution in [0.2, 0.25) is 0 Å². The quantitative estimate of drug-likeness (QED) is 0.928. The molecule has 1 aromatic carbocycles. The number of anilines is 1. The Kier molecular flexibility index (Phi) is 3.76.